The van der Waals surface area contributed by atoms with Crippen LogP contribution in [0.1, 0.15) is 0 Å². The fourth-order valence-corrected chi connectivity index (χ4v) is 5.83. The maximum Gasteiger partial charge on any atom is 0.250 e. The van der Waals surface area contributed by atoms with Crippen LogP contribution in [-0.4, -0.2) is 14.8 Å². The highest BCUT2D eigenvalue weighted by Gasteiger charge is 2.21. The lowest BCUT2D eigenvalue weighted by atomic mass is 10.1. The predicted octanol–water partition coefficient (Wildman–Crippen LogP) is 9.97. The second-order valence-electron chi connectivity index (χ2n) is 10.4. The molecule has 8 rings (SSSR count). The van der Waals surface area contributed by atoms with Gasteiger partial charge in [0, 0.05) is 33.4 Å². The minimum absolute atomic E-state index is 0.470. The van der Waals surface area contributed by atoms with Gasteiger partial charge in [0.05, 0.1) is 22.3 Å². The fraction of sp³-hybridized carbons (Fsp3) is 0. The molecule has 2 aromatic heterocycles. The van der Waals surface area contributed by atoms with Gasteiger partial charge in [0.25, 0.3) is 0 Å². The molecular formula is C38H26N4O. The molecule has 43 heavy (non-hydrogen) atoms. The second-order valence-corrected chi connectivity index (χ2v) is 10.4. The number of benzene rings is 6. The first-order valence-corrected chi connectivity index (χ1v) is 14.3. The van der Waals surface area contributed by atoms with Crippen molar-refractivity contribution in [3.05, 3.63) is 158 Å². The Kier molecular flexibility index (Phi) is 6.05. The third-order valence-corrected chi connectivity index (χ3v) is 7.78. The molecule has 204 valence electrons. The molecule has 5 heteroatoms. The molecule has 0 atom stereocenters. The highest BCUT2D eigenvalue weighted by atomic mass is 16.4. The van der Waals surface area contributed by atoms with Crippen molar-refractivity contribution in [2.24, 2.45) is 0 Å². The Labute approximate surface area is 248 Å². The minimum atomic E-state index is 0.470. The van der Waals surface area contributed by atoms with E-state index < -0.39 is 0 Å². The first-order valence-electron chi connectivity index (χ1n) is 14.3. The zero-order valence-corrected chi connectivity index (χ0v) is 23.2. The van der Waals surface area contributed by atoms with Crippen molar-refractivity contribution in [1.29, 1.82) is 0 Å². The van der Waals surface area contributed by atoms with E-state index in [0.29, 0.717) is 11.8 Å². The SMILES string of the molecule is c1ccc(-c2nnc(-c3ccccc3N(c3ccccc3)c3ccc(-n4c5ccccc5c5ccccc54)cc3)o2)cc1. The molecule has 0 aliphatic rings. The van der Waals surface area contributed by atoms with Crippen LogP contribution in [-0.2, 0) is 0 Å². The van der Waals surface area contributed by atoms with Crippen molar-refractivity contribution < 1.29 is 4.42 Å². The molecule has 0 aliphatic heterocycles. The Balaban J connectivity index is 1.25. The molecule has 0 amide bonds. The molecule has 0 N–H and O–H groups in total. The van der Waals surface area contributed by atoms with E-state index >= 15 is 0 Å². The van der Waals surface area contributed by atoms with Gasteiger partial charge in [0.1, 0.15) is 0 Å². The normalized spacial score (nSPS) is 11.3. The van der Waals surface area contributed by atoms with E-state index in [0.717, 1.165) is 33.9 Å². The monoisotopic (exact) mass is 554 g/mol. The van der Waals surface area contributed by atoms with Crippen LogP contribution < -0.4 is 4.90 Å². The Bertz CT molecular complexity index is 2130. The van der Waals surface area contributed by atoms with Gasteiger partial charge in [-0.15, -0.1) is 10.2 Å². The van der Waals surface area contributed by atoms with E-state index in [2.05, 4.69) is 123 Å². The van der Waals surface area contributed by atoms with E-state index in [1.807, 2.05) is 54.6 Å². The summed E-state index contributed by atoms with van der Waals surface area (Å²) < 4.78 is 8.55. The van der Waals surface area contributed by atoms with Crippen LogP contribution >= 0.6 is 0 Å². The summed E-state index contributed by atoms with van der Waals surface area (Å²) in [6.07, 6.45) is 0. The number of hydrogen-bond acceptors (Lipinski definition) is 4. The van der Waals surface area contributed by atoms with E-state index in [-0.39, 0.29) is 0 Å². The third kappa shape index (κ3) is 4.35. The zero-order valence-electron chi connectivity index (χ0n) is 23.2. The summed E-state index contributed by atoms with van der Waals surface area (Å²) in [6.45, 7) is 0. The summed E-state index contributed by atoms with van der Waals surface area (Å²) in [7, 11) is 0. The fourth-order valence-electron chi connectivity index (χ4n) is 5.83. The number of hydrogen-bond donors (Lipinski definition) is 0. The number of para-hydroxylation sites is 4. The first kappa shape index (κ1) is 24.8. The summed E-state index contributed by atoms with van der Waals surface area (Å²) in [5.74, 6) is 0.962. The quantitative estimate of drug-likeness (QED) is 0.205. The standard InChI is InChI=1S/C38H26N4O/c1-3-13-27(14-4-1)37-39-40-38(43-37)33-19-9-12-22-36(33)41(28-15-5-2-6-16-28)29-23-25-30(26-24-29)42-34-20-10-7-17-31(34)32-18-8-11-21-35(32)42/h1-26H. The molecule has 0 spiro atoms. The van der Waals surface area contributed by atoms with Gasteiger partial charge in [-0.3, -0.25) is 0 Å². The highest BCUT2D eigenvalue weighted by molar-refractivity contribution is 6.09. The van der Waals surface area contributed by atoms with E-state index in [4.69, 9.17) is 4.42 Å². The predicted molar refractivity (Wildman–Crippen MR) is 174 cm³/mol. The third-order valence-electron chi connectivity index (χ3n) is 7.78. The maximum atomic E-state index is 6.22. The Hall–Kier alpha value is -5.94. The topological polar surface area (TPSA) is 47.1 Å². The number of rotatable bonds is 6. The van der Waals surface area contributed by atoms with E-state index in [9.17, 15) is 0 Å². The number of nitrogens with zero attached hydrogens (tertiary/aromatic N) is 4. The lowest BCUT2D eigenvalue weighted by Crippen LogP contribution is -2.11. The largest absolute Gasteiger partial charge is 0.416 e. The van der Waals surface area contributed by atoms with Gasteiger partial charge >= 0.3 is 0 Å². The van der Waals surface area contributed by atoms with Gasteiger partial charge in [-0.1, -0.05) is 84.9 Å². The van der Waals surface area contributed by atoms with Crippen LogP contribution in [0.15, 0.2) is 162 Å². The molecule has 0 saturated heterocycles. The van der Waals surface area contributed by atoms with Crippen LogP contribution in [0.5, 0.6) is 0 Å². The molecule has 2 heterocycles. The first-order chi connectivity index (χ1) is 21.3. The minimum Gasteiger partial charge on any atom is -0.416 e. The molecule has 0 bridgehead atoms. The van der Waals surface area contributed by atoms with Crippen LogP contribution in [0.2, 0.25) is 0 Å². The molecular weight excluding hydrogens is 528 g/mol. The number of fused-ring (bicyclic) bond motifs is 3. The van der Waals surface area contributed by atoms with Gasteiger partial charge in [0.15, 0.2) is 0 Å². The lowest BCUT2D eigenvalue weighted by molar-refractivity contribution is 0.584. The Morgan fingerprint density at radius 1 is 0.465 bits per heavy atom. The molecule has 0 aliphatic carbocycles. The lowest BCUT2D eigenvalue weighted by Gasteiger charge is -2.27. The van der Waals surface area contributed by atoms with Gasteiger partial charge in [-0.2, -0.15) is 0 Å². The maximum absolute atomic E-state index is 6.22. The summed E-state index contributed by atoms with van der Waals surface area (Å²) in [5.41, 5.74) is 8.22. The number of aromatic nitrogens is 3. The van der Waals surface area contributed by atoms with Crippen LogP contribution in [0, 0.1) is 0 Å². The van der Waals surface area contributed by atoms with Crippen LogP contribution in [0.4, 0.5) is 17.1 Å². The number of anilines is 3. The van der Waals surface area contributed by atoms with Crippen LogP contribution in [0.25, 0.3) is 50.4 Å². The van der Waals surface area contributed by atoms with Crippen molar-refractivity contribution >= 4 is 38.9 Å². The van der Waals surface area contributed by atoms with Gasteiger partial charge in [-0.25, -0.2) is 0 Å². The van der Waals surface area contributed by atoms with Crippen molar-refractivity contribution in [3.63, 3.8) is 0 Å². The van der Waals surface area contributed by atoms with Gasteiger partial charge < -0.3 is 13.9 Å². The van der Waals surface area contributed by atoms with E-state index in [1.54, 1.807) is 0 Å². The zero-order chi connectivity index (χ0) is 28.6. The van der Waals surface area contributed by atoms with Crippen molar-refractivity contribution in [3.8, 4) is 28.6 Å². The van der Waals surface area contributed by atoms with Crippen molar-refractivity contribution in [2.45, 2.75) is 0 Å². The Morgan fingerprint density at radius 2 is 1.00 bits per heavy atom. The Morgan fingerprint density at radius 3 is 1.70 bits per heavy atom. The van der Waals surface area contributed by atoms with Crippen molar-refractivity contribution in [2.75, 3.05) is 4.90 Å². The molecule has 8 aromatic rings. The van der Waals surface area contributed by atoms with Crippen molar-refractivity contribution in [1.82, 2.24) is 14.8 Å². The highest BCUT2D eigenvalue weighted by Crippen LogP contribution is 2.41. The van der Waals surface area contributed by atoms with Gasteiger partial charge in [0.2, 0.25) is 11.8 Å². The van der Waals surface area contributed by atoms with E-state index in [1.165, 1.54) is 21.8 Å². The molecule has 6 aromatic carbocycles. The summed E-state index contributed by atoms with van der Waals surface area (Å²) in [4.78, 5) is 2.23. The molecule has 0 saturated carbocycles. The summed E-state index contributed by atoms with van der Waals surface area (Å²) in [5, 5.41) is 11.3. The summed E-state index contributed by atoms with van der Waals surface area (Å²) >= 11 is 0. The van der Waals surface area contributed by atoms with Gasteiger partial charge in [-0.05, 0) is 72.8 Å². The second kappa shape index (κ2) is 10.5. The molecule has 0 radical (unpaired) electrons. The molecule has 0 unspecified atom stereocenters. The molecule has 0 fully saturated rings. The molecule has 5 nitrogen and oxygen atoms in total. The average molecular weight is 555 g/mol. The smallest absolute Gasteiger partial charge is 0.250 e. The average Bonchev–Trinajstić information content (AvgIpc) is 3.70. The van der Waals surface area contributed by atoms with Crippen LogP contribution in [0.3, 0.4) is 0 Å². The summed E-state index contributed by atoms with van der Waals surface area (Å²) in [6, 6.07) is 54.2.